The zero-order valence-corrected chi connectivity index (χ0v) is 14.6. The van der Waals surface area contributed by atoms with Crippen molar-refractivity contribution < 1.29 is 41.0 Å². The van der Waals surface area contributed by atoms with Crippen LogP contribution in [0.5, 0.6) is 0 Å². The number of halogens is 5. The normalized spacial score (nSPS) is 12.3. The van der Waals surface area contributed by atoms with Crippen molar-refractivity contribution >= 4 is 12.1 Å². The van der Waals surface area contributed by atoms with Gasteiger partial charge in [0.15, 0.2) is 0 Å². The van der Waals surface area contributed by atoms with Gasteiger partial charge in [-0.3, -0.25) is 4.90 Å². The van der Waals surface area contributed by atoms with Crippen LogP contribution in [-0.4, -0.2) is 43.8 Å². The van der Waals surface area contributed by atoms with Crippen LogP contribution in [0.3, 0.4) is 0 Å². The smallest absolute Gasteiger partial charge is 0.422 e. The van der Waals surface area contributed by atoms with Gasteiger partial charge in [0.25, 0.3) is 0 Å². The van der Waals surface area contributed by atoms with E-state index in [0.29, 0.717) is 12.1 Å². The van der Waals surface area contributed by atoms with Crippen molar-refractivity contribution in [2.75, 3.05) is 20.8 Å². The largest absolute Gasteiger partial charge is 0.467 e. The van der Waals surface area contributed by atoms with Crippen molar-refractivity contribution in [1.82, 2.24) is 4.90 Å². The van der Waals surface area contributed by atoms with Gasteiger partial charge in [-0.05, 0) is 30.5 Å². The Morgan fingerprint density at radius 2 is 1.81 bits per heavy atom. The molecule has 27 heavy (non-hydrogen) atoms. The molecule has 0 fully saturated rings. The molecule has 0 radical (unpaired) electrons. The fourth-order valence-electron chi connectivity index (χ4n) is 2.31. The summed E-state index contributed by atoms with van der Waals surface area (Å²) >= 11 is 0. The van der Waals surface area contributed by atoms with Gasteiger partial charge in [0, 0.05) is 7.05 Å². The van der Waals surface area contributed by atoms with E-state index in [4.69, 9.17) is 4.74 Å². The summed E-state index contributed by atoms with van der Waals surface area (Å²) in [5.74, 6) is -4.34. The lowest BCUT2D eigenvalue weighted by atomic mass is 10.0. The maximum absolute atomic E-state index is 13.6. The van der Waals surface area contributed by atoms with Gasteiger partial charge in [0.2, 0.25) is 0 Å². The third kappa shape index (κ3) is 5.93. The standard InChI is InChI=1S/C17H18F5NO4/c1-4-7-27-16(25)23(2)13(15(24)26-3)6-5-10-8-11(18)14(12(19)9-10)17(20,21)22/h4,8-9,13H,1,5-7H2,2-3H3. The molecule has 1 atom stereocenters. The number of hydrogen-bond acceptors (Lipinski definition) is 4. The Morgan fingerprint density at radius 1 is 1.26 bits per heavy atom. The minimum absolute atomic E-state index is 0.105. The van der Waals surface area contributed by atoms with Gasteiger partial charge < -0.3 is 9.47 Å². The molecule has 0 bridgehead atoms. The number of esters is 1. The Labute approximate surface area is 152 Å². The van der Waals surface area contributed by atoms with Gasteiger partial charge in [-0.2, -0.15) is 13.2 Å². The first kappa shape index (κ1) is 22.4. The van der Waals surface area contributed by atoms with Gasteiger partial charge in [0.05, 0.1) is 7.11 Å². The summed E-state index contributed by atoms with van der Waals surface area (Å²) in [6, 6.07) is -0.0900. The first-order chi connectivity index (χ1) is 12.5. The van der Waals surface area contributed by atoms with Crippen LogP contribution in [-0.2, 0) is 26.9 Å². The lowest BCUT2D eigenvalue weighted by Gasteiger charge is -2.25. The van der Waals surface area contributed by atoms with Crippen molar-refractivity contribution in [3.05, 3.63) is 47.5 Å². The molecule has 0 spiro atoms. The molecule has 1 unspecified atom stereocenters. The van der Waals surface area contributed by atoms with Gasteiger partial charge in [-0.15, -0.1) is 0 Å². The molecule has 0 aliphatic carbocycles. The number of likely N-dealkylation sites (N-methyl/N-ethyl adjacent to an activating group) is 1. The van der Waals surface area contributed by atoms with Gasteiger partial charge in [-0.25, -0.2) is 18.4 Å². The zero-order chi connectivity index (χ0) is 20.8. The van der Waals surface area contributed by atoms with E-state index in [1.807, 2.05) is 0 Å². The number of carbonyl (C=O) groups excluding carboxylic acids is 2. The van der Waals surface area contributed by atoms with E-state index < -0.39 is 41.5 Å². The van der Waals surface area contributed by atoms with Crippen molar-refractivity contribution in [2.24, 2.45) is 0 Å². The van der Waals surface area contributed by atoms with Crippen LogP contribution in [0, 0.1) is 11.6 Å². The van der Waals surface area contributed by atoms with Gasteiger partial charge >= 0.3 is 18.2 Å². The van der Waals surface area contributed by atoms with Gasteiger partial charge in [-0.1, -0.05) is 12.7 Å². The predicted molar refractivity (Wildman–Crippen MR) is 84.8 cm³/mol. The summed E-state index contributed by atoms with van der Waals surface area (Å²) in [4.78, 5) is 24.6. The van der Waals surface area contributed by atoms with E-state index in [1.54, 1.807) is 0 Å². The maximum atomic E-state index is 13.6. The minimum Gasteiger partial charge on any atom is -0.467 e. The molecule has 150 valence electrons. The molecule has 1 amide bonds. The molecule has 0 N–H and O–H groups in total. The van der Waals surface area contributed by atoms with Crippen LogP contribution >= 0.6 is 0 Å². The highest BCUT2D eigenvalue weighted by atomic mass is 19.4. The first-order valence-electron chi connectivity index (χ1n) is 7.66. The Morgan fingerprint density at radius 3 is 2.26 bits per heavy atom. The van der Waals surface area contributed by atoms with E-state index in [9.17, 15) is 31.5 Å². The van der Waals surface area contributed by atoms with Crippen LogP contribution in [0.25, 0.3) is 0 Å². The van der Waals surface area contributed by atoms with Crippen molar-refractivity contribution in [3.8, 4) is 0 Å². The molecule has 1 rings (SSSR count). The number of rotatable bonds is 7. The number of ether oxygens (including phenoxy) is 2. The van der Waals surface area contributed by atoms with Crippen LogP contribution in [0.4, 0.5) is 26.7 Å². The molecule has 1 aromatic rings. The highest BCUT2D eigenvalue weighted by Gasteiger charge is 2.38. The first-order valence-corrected chi connectivity index (χ1v) is 7.66. The molecular weight excluding hydrogens is 377 g/mol. The quantitative estimate of drug-likeness (QED) is 0.401. The molecule has 0 heterocycles. The summed E-state index contributed by atoms with van der Waals surface area (Å²) in [6.45, 7) is 3.26. The molecule has 0 aliphatic heterocycles. The fraction of sp³-hybridized carbons (Fsp3) is 0.412. The number of methoxy groups -OCH3 is 1. The lowest BCUT2D eigenvalue weighted by Crippen LogP contribution is -2.43. The zero-order valence-electron chi connectivity index (χ0n) is 14.6. The highest BCUT2D eigenvalue weighted by molar-refractivity contribution is 5.81. The summed E-state index contributed by atoms with van der Waals surface area (Å²) in [6.07, 6.45) is -5.07. The Balaban J connectivity index is 2.97. The van der Waals surface area contributed by atoms with E-state index in [2.05, 4.69) is 11.3 Å². The highest BCUT2D eigenvalue weighted by Crippen LogP contribution is 2.34. The number of benzene rings is 1. The Kier molecular flexibility index (Phi) is 7.74. The summed E-state index contributed by atoms with van der Waals surface area (Å²) in [5.41, 5.74) is -2.10. The van der Waals surface area contributed by atoms with Crippen molar-refractivity contribution in [2.45, 2.75) is 25.1 Å². The second-order valence-corrected chi connectivity index (χ2v) is 5.49. The number of carbonyl (C=O) groups is 2. The van der Waals surface area contributed by atoms with Crippen LogP contribution in [0.1, 0.15) is 17.5 Å². The number of alkyl halides is 3. The van der Waals surface area contributed by atoms with E-state index in [0.717, 1.165) is 12.0 Å². The monoisotopic (exact) mass is 395 g/mol. The van der Waals surface area contributed by atoms with Crippen molar-refractivity contribution in [3.63, 3.8) is 0 Å². The van der Waals surface area contributed by atoms with E-state index in [1.165, 1.54) is 13.1 Å². The summed E-state index contributed by atoms with van der Waals surface area (Å²) in [5, 5.41) is 0. The number of nitrogens with zero attached hydrogens (tertiary/aromatic N) is 1. The predicted octanol–water partition coefficient (Wildman–Crippen LogP) is 3.71. The number of amides is 1. The fourth-order valence-corrected chi connectivity index (χ4v) is 2.31. The summed E-state index contributed by atoms with van der Waals surface area (Å²) in [7, 11) is 2.33. The average Bonchev–Trinajstić information content (AvgIpc) is 2.57. The lowest BCUT2D eigenvalue weighted by molar-refractivity contribution is -0.146. The minimum atomic E-state index is -5.17. The molecule has 5 nitrogen and oxygen atoms in total. The third-order valence-corrected chi connectivity index (χ3v) is 3.65. The van der Waals surface area contributed by atoms with Gasteiger partial charge in [0.1, 0.15) is 29.8 Å². The number of hydrogen-bond donors (Lipinski definition) is 0. The molecule has 0 saturated heterocycles. The van der Waals surface area contributed by atoms with E-state index >= 15 is 0 Å². The molecule has 0 saturated carbocycles. The van der Waals surface area contributed by atoms with Crippen LogP contribution < -0.4 is 0 Å². The molecule has 0 aliphatic rings. The maximum Gasteiger partial charge on any atom is 0.422 e. The topological polar surface area (TPSA) is 55.8 Å². The van der Waals surface area contributed by atoms with E-state index in [-0.39, 0.29) is 25.0 Å². The Bertz CT molecular complexity index is 682. The van der Waals surface area contributed by atoms with Crippen molar-refractivity contribution in [1.29, 1.82) is 0 Å². The van der Waals surface area contributed by atoms with Crippen LogP contribution in [0.2, 0.25) is 0 Å². The average molecular weight is 395 g/mol. The molecule has 10 heteroatoms. The summed E-state index contributed by atoms with van der Waals surface area (Å²) < 4.78 is 74.4. The molecule has 1 aromatic carbocycles. The van der Waals surface area contributed by atoms with Crippen LogP contribution in [0.15, 0.2) is 24.8 Å². The second kappa shape index (κ2) is 9.33. The molecule has 0 aromatic heterocycles. The number of aryl methyl sites for hydroxylation is 1. The third-order valence-electron chi connectivity index (χ3n) is 3.65. The molecular formula is C17H18F5NO4. The Hall–Kier alpha value is -2.65. The second-order valence-electron chi connectivity index (χ2n) is 5.49. The SMILES string of the molecule is C=CCOC(=O)N(C)C(CCc1cc(F)c(C(F)(F)F)c(F)c1)C(=O)OC.